The zero-order valence-electron chi connectivity index (χ0n) is 19.7. The van der Waals surface area contributed by atoms with E-state index in [0.29, 0.717) is 11.4 Å². The van der Waals surface area contributed by atoms with Crippen LogP contribution in [0.2, 0.25) is 0 Å². The highest BCUT2D eigenvalue weighted by Crippen LogP contribution is 2.44. The first-order valence-corrected chi connectivity index (χ1v) is 12.2. The maximum Gasteiger partial charge on any atom is 0.147 e. The number of nitrogens with one attached hydrogen (secondary N) is 2. The van der Waals surface area contributed by atoms with E-state index in [0.717, 1.165) is 21.2 Å². The summed E-state index contributed by atoms with van der Waals surface area (Å²) < 4.78 is 38.9. The Morgan fingerprint density at radius 2 is 1.16 bits per heavy atom. The minimum absolute atomic E-state index is 0.200. The van der Waals surface area contributed by atoms with E-state index in [9.17, 15) is 13.2 Å². The highest BCUT2D eigenvalue weighted by Gasteiger charge is 2.17. The predicted octanol–water partition coefficient (Wildman–Crippen LogP) is 9.01. The summed E-state index contributed by atoms with van der Waals surface area (Å²) in [5.74, 6) is -0.793. The van der Waals surface area contributed by atoms with Crippen LogP contribution in [-0.2, 0) is 0 Å². The minimum Gasteiger partial charge on any atom is -0.396 e. The van der Waals surface area contributed by atoms with Gasteiger partial charge in [0, 0.05) is 15.5 Å². The molecule has 0 atom stereocenters. The number of para-hydroxylation sites is 5. The first-order valence-electron chi connectivity index (χ1n) is 11.4. The van der Waals surface area contributed by atoms with Crippen LogP contribution in [0.15, 0.2) is 131 Å². The molecule has 5 aromatic rings. The van der Waals surface area contributed by atoms with E-state index in [4.69, 9.17) is 5.73 Å². The molecule has 0 amide bonds. The third-order valence-corrected chi connectivity index (χ3v) is 6.31. The normalized spacial score (nSPS) is 10.8. The van der Waals surface area contributed by atoms with Gasteiger partial charge in [-0.2, -0.15) is 0 Å². The molecule has 1 heterocycles. The molecule has 0 saturated heterocycles. The van der Waals surface area contributed by atoms with E-state index in [2.05, 4.69) is 10.6 Å². The van der Waals surface area contributed by atoms with Crippen LogP contribution in [0.1, 0.15) is 0 Å². The predicted molar refractivity (Wildman–Crippen MR) is 147 cm³/mol. The lowest BCUT2D eigenvalue weighted by Crippen LogP contribution is -2.01. The lowest BCUT2D eigenvalue weighted by Gasteiger charge is -2.20. The van der Waals surface area contributed by atoms with Gasteiger partial charge in [-0.1, -0.05) is 72.4 Å². The smallest absolute Gasteiger partial charge is 0.147 e. The van der Waals surface area contributed by atoms with E-state index < -0.39 is 0 Å². The van der Waals surface area contributed by atoms with Gasteiger partial charge >= 0.3 is 0 Å². The highest BCUT2D eigenvalue weighted by molar-refractivity contribution is 7.99. The summed E-state index contributed by atoms with van der Waals surface area (Å²) in [4.78, 5) is 2.07. The average molecular weight is 516 g/mol. The molecule has 37 heavy (non-hydrogen) atoms. The van der Waals surface area contributed by atoms with Crippen LogP contribution in [0.5, 0.6) is 0 Å². The second kappa shape index (κ2) is 12.6. The molecule has 0 spiro atoms. The molecule has 0 aliphatic carbocycles. The lowest BCUT2D eigenvalue weighted by molar-refractivity contribution is 0.628. The van der Waals surface area contributed by atoms with Crippen molar-refractivity contribution in [3.05, 3.63) is 139 Å². The summed E-state index contributed by atoms with van der Waals surface area (Å²) in [6.45, 7) is 0. The molecule has 0 saturated carbocycles. The molecule has 7 heteroatoms. The van der Waals surface area contributed by atoms with Crippen molar-refractivity contribution in [2.75, 3.05) is 16.4 Å². The van der Waals surface area contributed by atoms with Gasteiger partial charge < -0.3 is 16.4 Å². The van der Waals surface area contributed by atoms with Crippen LogP contribution in [0.3, 0.4) is 0 Å². The third-order valence-electron chi connectivity index (χ3n) is 5.17. The Bertz CT molecular complexity index is 1440. The number of anilines is 5. The van der Waals surface area contributed by atoms with Crippen LogP contribution in [0, 0.1) is 17.5 Å². The van der Waals surface area contributed by atoms with Crippen molar-refractivity contribution >= 4 is 40.2 Å². The van der Waals surface area contributed by atoms with Crippen molar-refractivity contribution in [3.8, 4) is 0 Å². The summed E-state index contributed by atoms with van der Waals surface area (Å²) in [6.07, 6.45) is 0. The van der Waals surface area contributed by atoms with E-state index in [1.807, 2.05) is 60.7 Å². The Kier molecular flexibility index (Phi) is 8.73. The molecule has 3 nitrogen and oxygen atoms in total. The number of hydrogen-bond donors (Lipinski definition) is 3. The number of rotatable bonds is 2. The molecule has 1 aliphatic heterocycles. The van der Waals surface area contributed by atoms with Crippen LogP contribution < -0.4 is 16.4 Å². The number of nitrogen functional groups attached to an aromatic ring is 1. The lowest BCUT2D eigenvalue weighted by atomic mass is 10.2. The molecule has 0 fully saturated rings. The molecule has 1 aliphatic rings. The molecule has 4 N–H and O–H groups in total. The summed E-state index contributed by atoms with van der Waals surface area (Å²) in [5.41, 5.74) is 8.29. The highest BCUT2D eigenvalue weighted by atomic mass is 32.2. The fraction of sp³-hybridized carbons (Fsp3) is 0. The number of nitrogens with two attached hydrogens (primary N) is 1. The Morgan fingerprint density at radius 1 is 0.568 bits per heavy atom. The number of halogens is 3. The SMILES string of the molecule is Fc1cccc2c1Nc1ccccc1S2.Fc1ccccc1Nc1ccccc1.Nc1ccccc1F. The molecule has 0 radical (unpaired) electrons. The first kappa shape index (κ1) is 25.7. The summed E-state index contributed by atoms with van der Waals surface area (Å²) in [7, 11) is 0. The van der Waals surface area contributed by atoms with Gasteiger partial charge in [-0.3, -0.25) is 0 Å². The first-order chi connectivity index (χ1) is 18.0. The van der Waals surface area contributed by atoms with Crippen molar-refractivity contribution in [2.45, 2.75) is 9.79 Å². The fourth-order valence-corrected chi connectivity index (χ4v) is 4.35. The maximum absolute atomic E-state index is 13.5. The van der Waals surface area contributed by atoms with Gasteiger partial charge in [-0.25, -0.2) is 13.2 Å². The Balaban J connectivity index is 0.000000136. The van der Waals surface area contributed by atoms with Crippen molar-refractivity contribution in [1.29, 1.82) is 0 Å². The molecule has 0 aromatic heterocycles. The average Bonchev–Trinajstić information content (AvgIpc) is 2.92. The summed E-state index contributed by atoms with van der Waals surface area (Å²) >= 11 is 1.59. The second-order valence-electron chi connectivity index (χ2n) is 7.83. The molecular formula is C30H24F3N3S. The largest absolute Gasteiger partial charge is 0.396 e. The van der Waals surface area contributed by atoms with Gasteiger partial charge in [0.2, 0.25) is 0 Å². The molecular weight excluding hydrogens is 491 g/mol. The zero-order valence-corrected chi connectivity index (χ0v) is 20.5. The van der Waals surface area contributed by atoms with E-state index >= 15 is 0 Å². The molecule has 6 rings (SSSR count). The van der Waals surface area contributed by atoms with Crippen molar-refractivity contribution < 1.29 is 13.2 Å². The van der Waals surface area contributed by atoms with Crippen LogP contribution in [0.25, 0.3) is 0 Å². The van der Waals surface area contributed by atoms with Gasteiger partial charge in [-0.05, 0) is 60.7 Å². The van der Waals surface area contributed by atoms with Gasteiger partial charge in [0.15, 0.2) is 0 Å². The summed E-state index contributed by atoms with van der Waals surface area (Å²) in [6, 6.07) is 35.3. The van der Waals surface area contributed by atoms with Crippen LogP contribution in [-0.4, -0.2) is 0 Å². The van der Waals surface area contributed by atoms with Gasteiger partial charge in [-0.15, -0.1) is 0 Å². The number of hydrogen-bond acceptors (Lipinski definition) is 4. The van der Waals surface area contributed by atoms with E-state index in [1.165, 1.54) is 24.3 Å². The Hall–Kier alpha value is -4.36. The topological polar surface area (TPSA) is 50.1 Å². The maximum atomic E-state index is 13.5. The van der Waals surface area contributed by atoms with Crippen LogP contribution >= 0.6 is 11.8 Å². The Labute approximate surface area is 218 Å². The third kappa shape index (κ3) is 7.08. The molecule has 5 aromatic carbocycles. The Morgan fingerprint density at radius 3 is 1.86 bits per heavy atom. The van der Waals surface area contributed by atoms with Crippen molar-refractivity contribution in [3.63, 3.8) is 0 Å². The minimum atomic E-state index is -0.354. The van der Waals surface area contributed by atoms with Crippen molar-refractivity contribution in [1.82, 2.24) is 0 Å². The summed E-state index contributed by atoms with van der Waals surface area (Å²) in [5, 5.41) is 6.11. The van der Waals surface area contributed by atoms with E-state index in [1.54, 1.807) is 48.2 Å². The van der Waals surface area contributed by atoms with Gasteiger partial charge in [0.05, 0.1) is 22.7 Å². The zero-order chi connectivity index (χ0) is 26.0. The standard InChI is InChI=1S/C12H8FNS.C12H10FN.C6H6FN/c13-8-4-3-7-11-12(8)14-9-5-1-2-6-10(9)15-11;13-11-8-4-5-9-12(11)14-10-6-2-1-3-7-10;7-5-3-1-2-4-6(5)8/h1-7,14H;1-9,14H;1-4H,8H2. The molecule has 0 unspecified atom stereocenters. The second-order valence-corrected chi connectivity index (χ2v) is 8.91. The number of fused-ring (bicyclic) bond motifs is 2. The molecule has 0 bridgehead atoms. The van der Waals surface area contributed by atoms with Crippen LogP contribution in [0.4, 0.5) is 41.6 Å². The fourth-order valence-electron chi connectivity index (χ4n) is 3.34. The number of benzene rings is 5. The molecule has 186 valence electrons. The van der Waals surface area contributed by atoms with Gasteiger partial charge in [0.1, 0.15) is 17.5 Å². The monoisotopic (exact) mass is 515 g/mol. The van der Waals surface area contributed by atoms with Gasteiger partial charge in [0.25, 0.3) is 0 Å². The van der Waals surface area contributed by atoms with E-state index in [-0.39, 0.29) is 23.1 Å². The van der Waals surface area contributed by atoms with Crippen molar-refractivity contribution in [2.24, 2.45) is 0 Å². The quantitative estimate of drug-likeness (QED) is 0.201.